The van der Waals surface area contributed by atoms with Gasteiger partial charge in [0.25, 0.3) is 0 Å². The third-order valence-corrected chi connectivity index (χ3v) is 3.90. The SMILES string of the molecule is CC(C)[C@@H]1CC(c2csc(=S)[nH]2)=CCN1. The molecule has 0 saturated carbocycles. The summed E-state index contributed by atoms with van der Waals surface area (Å²) in [5.41, 5.74) is 2.61. The Morgan fingerprint density at radius 2 is 2.33 bits per heavy atom. The van der Waals surface area contributed by atoms with E-state index in [0.717, 1.165) is 16.9 Å². The molecule has 1 aromatic rings. The van der Waals surface area contributed by atoms with E-state index < -0.39 is 0 Å². The van der Waals surface area contributed by atoms with Gasteiger partial charge in [-0.3, -0.25) is 0 Å². The largest absolute Gasteiger partial charge is 0.337 e. The topological polar surface area (TPSA) is 27.8 Å². The minimum absolute atomic E-state index is 0.590. The Morgan fingerprint density at radius 1 is 1.53 bits per heavy atom. The average Bonchev–Trinajstić information content (AvgIpc) is 2.65. The fourth-order valence-electron chi connectivity index (χ4n) is 1.85. The number of nitrogens with one attached hydrogen (secondary N) is 2. The van der Waals surface area contributed by atoms with E-state index in [1.165, 1.54) is 11.3 Å². The molecular formula is C11H16N2S2. The monoisotopic (exact) mass is 240 g/mol. The van der Waals surface area contributed by atoms with Crippen molar-refractivity contribution < 1.29 is 0 Å². The van der Waals surface area contributed by atoms with Gasteiger partial charge in [0.15, 0.2) is 3.95 Å². The molecular weight excluding hydrogens is 224 g/mol. The lowest BCUT2D eigenvalue weighted by Gasteiger charge is -2.26. The zero-order chi connectivity index (χ0) is 10.8. The van der Waals surface area contributed by atoms with Gasteiger partial charge in [0.2, 0.25) is 0 Å². The Morgan fingerprint density at radius 3 is 2.93 bits per heavy atom. The van der Waals surface area contributed by atoms with Crippen molar-refractivity contribution in [3.63, 3.8) is 0 Å². The number of aromatic amines is 1. The molecule has 1 aromatic heterocycles. The number of hydrogen-bond acceptors (Lipinski definition) is 3. The molecule has 2 rings (SSSR count). The number of hydrogen-bond donors (Lipinski definition) is 2. The van der Waals surface area contributed by atoms with Crippen LogP contribution in [0.5, 0.6) is 0 Å². The highest BCUT2D eigenvalue weighted by Crippen LogP contribution is 2.25. The quantitative estimate of drug-likeness (QED) is 0.777. The second kappa shape index (κ2) is 4.60. The highest BCUT2D eigenvalue weighted by Gasteiger charge is 2.19. The summed E-state index contributed by atoms with van der Waals surface area (Å²) < 4.78 is 0.866. The third kappa shape index (κ3) is 2.56. The van der Waals surface area contributed by atoms with Crippen molar-refractivity contribution in [1.29, 1.82) is 0 Å². The highest BCUT2D eigenvalue weighted by molar-refractivity contribution is 7.73. The third-order valence-electron chi connectivity index (χ3n) is 2.84. The van der Waals surface area contributed by atoms with Crippen molar-refractivity contribution in [2.75, 3.05) is 6.54 Å². The number of rotatable bonds is 2. The van der Waals surface area contributed by atoms with E-state index in [4.69, 9.17) is 12.2 Å². The van der Waals surface area contributed by atoms with Gasteiger partial charge < -0.3 is 10.3 Å². The minimum atomic E-state index is 0.590. The van der Waals surface area contributed by atoms with Crippen molar-refractivity contribution in [3.05, 3.63) is 21.1 Å². The Hall–Kier alpha value is -0.450. The lowest BCUT2D eigenvalue weighted by atomic mass is 9.92. The fraction of sp³-hybridized carbons (Fsp3) is 0.545. The molecule has 1 aliphatic heterocycles. The van der Waals surface area contributed by atoms with Crippen LogP contribution in [0.15, 0.2) is 11.5 Å². The molecule has 82 valence electrons. The van der Waals surface area contributed by atoms with Gasteiger partial charge >= 0.3 is 0 Å². The van der Waals surface area contributed by atoms with Gasteiger partial charge in [-0.1, -0.05) is 19.9 Å². The van der Waals surface area contributed by atoms with Crippen LogP contribution in [0.1, 0.15) is 26.0 Å². The number of aromatic nitrogens is 1. The van der Waals surface area contributed by atoms with E-state index in [1.807, 2.05) is 0 Å². The Bertz CT molecular complexity index is 414. The maximum atomic E-state index is 5.10. The first-order valence-corrected chi connectivity index (χ1v) is 6.56. The summed E-state index contributed by atoms with van der Waals surface area (Å²) in [4.78, 5) is 3.24. The van der Waals surface area contributed by atoms with Crippen LogP contribution in [0.2, 0.25) is 0 Å². The molecule has 0 amide bonds. The van der Waals surface area contributed by atoms with Gasteiger partial charge in [0.05, 0.1) is 5.69 Å². The Balaban J connectivity index is 2.17. The molecule has 2 nitrogen and oxygen atoms in total. The zero-order valence-electron chi connectivity index (χ0n) is 9.04. The van der Waals surface area contributed by atoms with Crippen LogP contribution in [-0.4, -0.2) is 17.6 Å². The van der Waals surface area contributed by atoms with E-state index in [1.54, 1.807) is 11.3 Å². The molecule has 0 spiro atoms. The van der Waals surface area contributed by atoms with Gasteiger partial charge in [-0.2, -0.15) is 0 Å². The molecule has 0 bridgehead atoms. The van der Waals surface area contributed by atoms with E-state index in [2.05, 4.69) is 35.6 Å². The van der Waals surface area contributed by atoms with E-state index in [9.17, 15) is 0 Å². The molecule has 0 unspecified atom stereocenters. The molecule has 0 fully saturated rings. The Kier molecular flexibility index (Phi) is 3.38. The smallest absolute Gasteiger partial charge is 0.158 e. The van der Waals surface area contributed by atoms with Gasteiger partial charge in [0, 0.05) is 18.0 Å². The van der Waals surface area contributed by atoms with E-state index >= 15 is 0 Å². The van der Waals surface area contributed by atoms with Gasteiger partial charge in [-0.05, 0) is 30.1 Å². The first kappa shape index (κ1) is 11.0. The molecule has 4 heteroatoms. The second-order valence-corrected chi connectivity index (χ2v) is 5.80. The predicted molar refractivity (Wildman–Crippen MR) is 68.7 cm³/mol. The average molecular weight is 240 g/mol. The van der Waals surface area contributed by atoms with Crippen LogP contribution >= 0.6 is 23.6 Å². The Labute approximate surface area is 99.4 Å². The van der Waals surface area contributed by atoms with Crippen LogP contribution in [0.25, 0.3) is 5.57 Å². The van der Waals surface area contributed by atoms with Gasteiger partial charge in [-0.15, -0.1) is 11.3 Å². The van der Waals surface area contributed by atoms with Crippen LogP contribution in [0.3, 0.4) is 0 Å². The summed E-state index contributed by atoms with van der Waals surface area (Å²) in [6.45, 7) is 5.49. The van der Waals surface area contributed by atoms with Crippen molar-refractivity contribution in [3.8, 4) is 0 Å². The summed E-state index contributed by atoms with van der Waals surface area (Å²) in [5.74, 6) is 0.676. The molecule has 0 radical (unpaired) electrons. The molecule has 0 aliphatic carbocycles. The first-order chi connectivity index (χ1) is 7.16. The number of thiazole rings is 1. The molecule has 2 heterocycles. The molecule has 1 atom stereocenters. The van der Waals surface area contributed by atoms with Crippen molar-refractivity contribution in [2.24, 2.45) is 5.92 Å². The van der Waals surface area contributed by atoms with Crippen molar-refractivity contribution in [2.45, 2.75) is 26.3 Å². The van der Waals surface area contributed by atoms with Crippen molar-refractivity contribution >= 4 is 29.1 Å². The minimum Gasteiger partial charge on any atom is -0.337 e. The molecule has 0 aromatic carbocycles. The molecule has 15 heavy (non-hydrogen) atoms. The van der Waals surface area contributed by atoms with Gasteiger partial charge in [-0.25, -0.2) is 0 Å². The lowest BCUT2D eigenvalue weighted by molar-refractivity contribution is 0.412. The van der Waals surface area contributed by atoms with Crippen LogP contribution in [0, 0.1) is 9.87 Å². The van der Waals surface area contributed by atoms with E-state index in [0.29, 0.717) is 12.0 Å². The lowest BCUT2D eigenvalue weighted by Crippen LogP contribution is -2.36. The van der Waals surface area contributed by atoms with Gasteiger partial charge in [0.1, 0.15) is 0 Å². The summed E-state index contributed by atoms with van der Waals surface area (Å²) in [7, 11) is 0. The first-order valence-electron chi connectivity index (χ1n) is 5.27. The van der Waals surface area contributed by atoms with Crippen LogP contribution < -0.4 is 5.32 Å². The fourth-order valence-corrected chi connectivity index (χ4v) is 2.71. The van der Waals surface area contributed by atoms with Crippen molar-refractivity contribution in [1.82, 2.24) is 10.3 Å². The summed E-state index contributed by atoms with van der Waals surface area (Å²) in [6, 6.07) is 0.590. The highest BCUT2D eigenvalue weighted by atomic mass is 32.1. The van der Waals surface area contributed by atoms with E-state index in [-0.39, 0.29) is 0 Å². The summed E-state index contributed by atoms with van der Waals surface area (Å²) >= 11 is 6.71. The standard InChI is InChI=1S/C11H16N2S2/c1-7(2)9-5-8(3-4-12-9)10-6-15-11(14)13-10/h3,6-7,9,12H,4-5H2,1-2H3,(H,13,14)/t9-/m0/s1. The second-order valence-electron chi connectivity index (χ2n) is 4.25. The zero-order valence-corrected chi connectivity index (χ0v) is 10.7. The van der Waals surface area contributed by atoms with Crippen LogP contribution in [0.4, 0.5) is 0 Å². The molecule has 2 N–H and O–H groups in total. The molecule has 1 aliphatic rings. The van der Waals surface area contributed by atoms with Crippen LogP contribution in [-0.2, 0) is 0 Å². The summed E-state index contributed by atoms with van der Waals surface area (Å²) in [5, 5.41) is 5.63. The number of H-pyrrole nitrogens is 1. The predicted octanol–water partition coefficient (Wildman–Crippen LogP) is 3.21. The summed E-state index contributed by atoms with van der Waals surface area (Å²) in [6.07, 6.45) is 3.35. The maximum absolute atomic E-state index is 5.10. The normalized spacial score (nSPS) is 21.8. The molecule has 0 saturated heterocycles. The maximum Gasteiger partial charge on any atom is 0.158 e.